The number of rotatable bonds is 8. The number of carbonyl (C=O) groups excluding carboxylic acids is 1. The molecule has 0 bridgehead atoms. The SMILES string of the molecule is CCCCN(C(=O)C1CCCCC1)C(CC)c1nc2ccccc2c(=O)n1-c1ccc(Br)cc1. The number of nitrogens with zero attached hydrogens (tertiary/aromatic N) is 3. The molecule has 34 heavy (non-hydrogen) atoms. The fourth-order valence-electron chi connectivity index (χ4n) is 5.09. The molecule has 0 radical (unpaired) electrons. The summed E-state index contributed by atoms with van der Waals surface area (Å²) in [5.41, 5.74) is 1.34. The molecule has 180 valence electrons. The number of halogens is 1. The third kappa shape index (κ3) is 5.12. The molecule has 4 rings (SSSR count). The molecular formula is C28H34BrN3O2. The van der Waals surface area contributed by atoms with E-state index in [-0.39, 0.29) is 23.4 Å². The average molecular weight is 525 g/mol. The van der Waals surface area contributed by atoms with Crippen LogP contribution in [0, 0.1) is 5.92 Å². The number of aromatic nitrogens is 2. The number of para-hydroxylation sites is 1. The van der Waals surface area contributed by atoms with Gasteiger partial charge < -0.3 is 4.90 Å². The molecule has 1 atom stereocenters. The van der Waals surface area contributed by atoms with Crippen molar-refractivity contribution in [3.8, 4) is 5.69 Å². The molecular weight excluding hydrogens is 490 g/mol. The quantitative estimate of drug-likeness (QED) is 0.325. The van der Waals surface area contributed by atoms with Gasteiger partial charge in [-0.25, -0.2) is 4.98 Å². The van der Waals surface area contributed by atoms with E-state index in [9.17, 15) is 9.59 Å². The van der Waals surface area contributed by atoms with Gasteiger partial charge in [-0.05, 0) is 62.1 Å². The summed E-state index contributed by atoms with van der Waals surface area (Å²) in [4.78, 5) is 34.6. The van der Waals surface area contributed by atoms with Crippen molar-refractivity contribution in [3.05, 3.63) is 69.2 Å². The zero-order valence-electron chi connectivity index (χ0n) is 20.2. The van der Waals surface area contributed by atoms with Gasteiger partial charge >= 0.3 is 0 Å². The van der Waals surface area contributed by atoms with Gasteiger partial charge in [0, 0.05) is 16.9 Å². The Bertz CT molecular complexity index is 1180. The van der Waals surface area contributed by atoms with Crippen molar-refractivity contribution in [2.45, 2.75) is 71.3 Å². The first kappa shape index (κ1) is 24.6. The lowest BCUT2D eigenvalue weighted by molar-refractivity contribution is -0.139. The largest absolute Gasteiger partial charge is 0.332 e. The molecule has 5 nitrogen and oxygen atoms in total. The molecule has 1 fully saturated rings. The monoisotopic (exact) mass is 523 g/mol. The molecule has 1 aromatic heterocycles. The van der Waals surface area contributed by atoms with Crippen molar-refractivity contribution in [2.75, 3.05) is 6.54 Å². The van der Waals surface area contributed by atoms with Gasteiger partial charge in [-0.2, -0.15) is 0 Å². The lowest BCUT2D eigenvalue weighted by atomic mass is 9.87. The smallest absolute Gasteiger partial charge is 0.266 e. The second-order valence-corrected chi connectivity index (χ2v) is 10.2. The number of carbonyl (C=O) groups is 1. The fourth-order valence-corrected chi connectivity index (χ4v) is 5.35. The molecule has 1 amide bonds. The third-order valence-electron chi connectivity index (χ3n) is 6.94. The van der Waals surface area contributed by atoms with Crippen molar-refractivity contribution in [3.63, 3.8) is 0 Å². The molecule has 0 spiro atoms. The van der Waals surface area contributed by atoms with Crippen LogP contribution in [0.5, 0.6) is 0 Å². The predicted molar refractivity (Wildman–Crippen MR) is 141 cm³/mol. The summed E-state index contributed by atoms with van der Waals surface area (Å²) in [5, 5.41) is 0.586. The normalized spacial score (nSPS) is 15.4. The zero-order valence-corrected chi connectivity index (χ0v) is 21.8. The van der Waals surface area contributed by atoms with E-state index in [1.165, 1.54) is 6.42 Å². The molecule has 1 unspecified atom stereocenters. The van der Waals surface area contributed by atoms with Crippen molar-refractivity contribution in [1.82, 2.24) is 14.5 Å². The summed E-state index contributed by atoms with van der Waals surface area (Å²) in [6.07, 6.45) is 8.01. The average Bonchev–Trinajstić information content (AvgIpc) is 2.87. The molecule has 1 heterocycles. The lowest BCUT2D eigenvalue weighted by Gasteiger charge is -2.36. The van der Waals surface area contributed by atoms with Gasteiger partial charge in [0.1, 0.15) is 5.82 Å². The highest BCUT2D eigenvalue weighted by molar-refractivity contribution is 9.10. The lowest BCUT2D eigenvalue weighted by Crippen LogP contribution is -2.42. The van der Waals surface area contributed by atoms with Crippen LogP contribution in [0.25, 0.3) is 16.6 Å². The van der Waals surface area contributed by atoms with E-state index in [0.29, 0.717) is 29.7 Å². The summed E-state index contributed by atoms with van der Waals surface area (Å²) in [6, 6.07) is 15.0. The topological polar surface area (TPSA) is 55.2 Å². The van der Waals surface area contributed by atoms with Crippen LogP contribution in [0.2, 0.25) is 0 Å². The Morgan fingerprint density at radius 3 is 2.47 bits per heavy atom. The number of benzene rings is 2. The highest BCUT2D eigenvalue weighted by Gasteiger charge is 2.33. The van der Waals surface area contributed by atoms with E-state index in [1.54, 1.807) is 4.57 Å². The van der Waals surface area contributed by atoms with Gasteiger partial charge in [0.05, 0.1) is 22.6 Å². The highest BCUT2D eigenvalue weighted by Crippen LogP contribution is 2.32. The van der Waals surface area contributed by atoms with Crippen molar-refractivity contribution >= 4 is 32.7 Å². The Morgan fingerprint density at radius 1 is 1.09 bits per heavy atom. The first-order valence-corrected chi connectivity index (χ1v) is 13.4. The number of amides is 1. The molecule has 6 heteroatoms. The van der Waals surface area contributed by atoms with E-state index in [2.05, 4.69) is 29.8 Å². The van der Waals surface area contributed by atoms with Gasteiger partial charge in [0.2, 0.25) is 5.91 Å². The van der Waals surface area contributed by atoms with Crippen molar-refractivity contribution in [2.24, 2.45) is 5.92 Å². The van der Waals surface area contributed by atoms with E-state index >= 15 is 0 Å². The van der Waals surface area contributed by atoms with Crippen LogP contribution in [0.3, 0.4) is 0 Å². The Kier molecular flexibility index (Phi) is 8.19. The van der Waals surface area contributed by atoms with Crippen LogP contribution in [-0.2, 0) is 4.79 Å². The summed E-state index contributed by atoms with van der Waals surface area (Å²) in [6.45, 7) is 4.93. The van der Waals surface area contributed by atoms with Gasteiger partial charge in [-0.1, -0.05) is 67.6 Å². The minimum atomic E-state index is -0.262. The maximum absolute atomic E-state index is 13.8. The summed E-state index contributed by atoms with van der Waals surface area (Å²) < 4.78 is 2.67. The molecule has 0 aliphatic heterocycles. The highest BCUT2D eigenvalue weighted by atomic mass is 79.9. The molecule has 1 aliphatic carbocycles. The van der Waals surface area contributed by atoms with Crippen LogP contribution >= 0.6 is 15.9 Å². The predicted octanol–water partition coefficient (Wildman–Crippen LogP) is 6.81. The third-order valence-corrected chi connectivity index (χ3v) is 7.47. The number of hydrogen-bond donors (Lipinski definition) is 0. The van der Waals surface area contributed by atoms with Crippen LogP contribution in [0.15, 0.2) is 57.8 Å². The van der Waals surface area contributed by atoms with Crippen LogP contribution < -0.4 is 5.56 Å². The number of unbranched alkanes of at least 4 members (excludes halogenated alkanes) is 1. The Hall–Kier alpha value is -2.47. The van der Waals surface area contributed by atoms with Crippen LogP contribution in [0.4, 0.5) is 0 Å². The summed E-state index contributed by atoms with van der Waals surface area (Å²) in [7, 11) is 0. The van der Waals surface area contributed by atoms with Crippen LogP contribution in [-0.4, -0.2) is 26.9 Å². The van der Waals surface area contributed by atoms with Gasteiger partial charge in [0.25, 0.3) is 5.56 Å². The second kappa shape index (κ2) is 11.3. The Labute approximate surface area is 210 Å². The first-order valence-electron chi connectivity index (χ1n) is 12.6. The maximum atomic E-state index is 13.8. The van der Waals surface area contributed by atoms with Gasteiger partial charge in [0.15, 0.2) is 0 Å². The minimum absolute atomic E-state index is 0.0768. The van der Waals surface area contributed by atoms with Crippen molar-refractivity contribution < 1.29 is 4.79 Å². The molecule has 1 aliphatic rings. The van der Waals surface area contributed by atoms with E-state index in [0.717, 1.165) is 48.7 Å². The van der Waals surface area contributed by atoms with Gasteiger partial charge in [-0.15, -0.1) is 0 Å². The first-order chi connectivity index (χ1) is 16.5. The molecule has 0 saturated heterocycles. The molecule has 2 aromatic carbocycles. The van der Waals surface area contributed by atoms with E-state index < -0.39 is 0 Å². The Morgan fingerprint density at radius 2 is 1.79 bits per heavy atom. The van der Waals surface area contributed by atoms with Gasteiger partial charge in [-0.3, -0.25) is 14.2 Å². The Balaban J connectivity index is 1.88. The summed E-state index contributed by atoms with van der Waals surface area (Å²) in [5.74, 6) is 0.950. The zero-order chi connectivity index (χ0) is 24.1. The number of fused-ring (bicyclic) bond motifs is 1. The minimum Gasteiger partial charge on any atom is -0.332 e. The van der Waals surface area contributed by atoms with Crippen LogP contribution in [0.1, 0.15) is 77.1 Å². The number of hydrogen-bond acceptors (Lipinski definition) is 3. The standard InChI is InChI=1S/C28H34BrN3O2/c1-3-5-19-31(27(33)20-11-7-6-8-12-20)25(4-2)26-30-24-14-10-9-13-23(24)28(34)32(26)22-17-15-21(29)16-18-22/h9-10,13-18,20,25H,3-8,11-12,19H2,1-2H3. The second-order valence-electron chi connectivity index (χ2n) is 9.25. The van der Waals surface area contributed by atoms with E-state index in [1.807, 2.05) is 53.4 Å². The molecule has 1 saturated carbocycles. The summed E-state index contributed by atoms with van der Waals surface area (Å²) >= 11 is 3.50. The van der Waals surface area contributed by atoms with Crippen molar-refractivity contribution in [1.29, 1.82) is 0 Å². The molecule has 3 aromatic rings. The maximum Gasteiger partial charge on any atom is 0.266 e. The molecule has 0 N–H and O–H groups in total. The van der Waals surface area contributed by atoms with E-state index in [4.69, 9.17) is 4.98 Å². The fraction of sp³-hybridized carbons (Fsp3) is 0.464.